The van der Waals surface area contributed by atoms with Crippen LogP contribution in [0.4, 0.5) is 0 Å². The number of aromatic nitrogens is 3. The Balaban J connectivity index is 1.53. The molecule has 1 fully saturated rings. The van der Waals surface area contributed by atoms with Gasteiger partial charge in [-0.15, -0.1) is 0 Å². The van der Waals surface area contributed by atoms with Crippen LogP contribution < -0.4 is 4.74 Å². The maximum absolute atomic E-state index is 13.2. The monoisotopic (exact) mass is 334 g/mol. The van der Waals surface area contributed by atoms with Crippen molar-refractivity contribution >= 4 is 16.8 Å². The lowest BCUT2D eigenvalue weighted by atomic mass is 9.99. The van der Waals surface area contributed by atoms with Crippen LogP contribution in [-0.2, 0) is 6.42 Å². The van der Waals surface area contributed by atoms with E-state index in [1.165, 1.54) is 0 Å². The van der Waals surface area contributed by atoms with Crippen molar-refractivity contribution in [3.05, 3.63) is 53.7 Å². The van der Waals surface area contributed by atoms with Gasteiger partial charge in [0.05, 0.1) is 18.8 Å². The number of hydrogen-bond acceptors (Lipinski definition) is 4. The van der Waals surface area contributed by atoms with Gasteiger partial charge in [0.2, 0.25) is 0 Å². The minimum atomic E-state index is 0.0529. The topological polar surface area (TPSA) is 71.1 Å². The molecule has 5 rings (SSSR count). The van der Waals surface area contributed by atoms with Gasteiger partial charge in [-0.25, -0.2) is 9.97 Å². The van der Waals surface area contributed by atoms with E-state index >= 15 is 0 Å². The molecule has 6 nitrogen and oxygen atoms in total. The van der Waals surface area contributed by atoms with E-state index in [1.54, 1.807) is 13.4 Å². The van der Waals surface area contributed by atoms with Crippen molar-refractivity contribution in [1.82, 2.24) is 19.9 Å². The Hall–Kier alpha value is -2.89. The third-order valence-electron chi connectivity index (χ3n) is 5.41. The number of H-pyrrole nitrogens is 1. The molecule has 0 aliphatic carbocycles. The highest BCUT2D eigenvalue weighted by Gasteiger charge is 2.43. The highest BCUT2D eigenvalue weighted by atomic mass is 16.5. The molecule has 1 saturated heterocycles. The number of methoxy groups -OCH3 is 1. The maximum Gasteiger partial charge on any atom is 0.271 e. The summed E-state index contributed by atoms with van der Waals surface area (Å²) in [6.07, 6.45) is 6.27. The van der Waals surface area contributed by atoms with E-state index < -0.39 is 0 Å². The molecule has 1 aromatic carbocycles. The Morgan fingerprint density at radius 3 is 3.12 bits per heavy atom. The largest absolute Gasteiger partial charge is 0.497 e. The van der Waals surface area contributed by atoms with Gasteiger partial charge in [0.25, 0.3) is 5.91 Å². The summed E-state index contributed by atoms with van der Waals surface area (Å²) >= 11 is 0. The van der Waals surface area contributed by atoms with E-state index in [2.05, 4.69) is 15.0 Å². The number of benzene rings is 1. The fourth-order valence-electron chi connectivity index (χ4n) is 4.22. The van der Waals surface area contributed by atoms with Gasteiger partial charge in [0, 0.05) is 41.2 Å². The predicted octanol–water partition coefficient (Wildman–Crippen LogP) is 2.87. The third-order valence-corrected chi connectivity index (χ3v) is 5.41. The second-order valence-electron chi connectivity index (χ2n) is 6.72. The van der Waals surface area contributed by atoms with Crippen LogP contribution in [-0.4, -0.2) is 38.9 Å². The average Bonchev–Trinajstić information content (AvgIpc) is 3.21. The number of nitrogens with zero attached hydrogens (tertiary/aromatic N) is 3. The van der Waals surface area contributed by atoms with Crippen molar-refractivity contribution in [2.45, 2.75) is 31.3 Å². The molecule has 2 bridgehead atoms. The van der Waals surface area contributed by atoms with Crippen LogP contribution in [0, 0.1) is 0 Å². The molecule has 2 aromatic heterocycles. The maximum atomic E-state index is 13.2. The molecule has 25 heavy (non-hydrogen) atoms. The molecule has 0 saturated carbocycles. The van der Waals surface area contributed by atoms with E-state index in [9.17, 15) is 4.79 Å². The van der Waals surface area contributed by atoms with Crippen LogP contribution in [0.15, 0.2) is 36.8 Å². The van der Waals surface area contributed by atoms with Gasteiger partial charge in [-0.2, -0.15) is 0 Å². The van der Waals surface area contributed by atoms with Crippen LogP contribution >= 0.6 is 0 Å². The zero-order valence-electron chi connectivity index (χ0n) is 13.9. The molecule has 1 N–H and O–H groups in total. The summed E-state index contributed by atoms with van der Waals surface area (Å²) in [5.41, 5.74) is 3.73. The molecule has 0 spiro atoms. The fourth-order valence-corrected chi connectivity index (χ4v) is 4.22. The van der Waals surface area contributed by atoms with Crippen molar-refractivity contribution in [2.75, 3.05) is 7.11 Å². The second kappa shape index (κ2) is 5.31. The van der Waals surface area contributed by atoms with Crippen molar-refractivity contribution in [3.63, 3.8) is 0 Å². The molecule has 0 radical (unpaired) electrons. The molecule has 2 aliphatic rings. The first-order chi connectivity index (χ1) is 12.2. The summed E-state index contributed by atoms with van der Waals surface area (Å²) in [7, 11) is 1.64. The second-order valence-corrected chi connectivity index (χ2v) is 6.72. The Morgan fingerprint density at radius 1 is 1.32 bits per heavy atom. The van der Waals surface area contributed by atoms with Crippen LogP contribution in [0.3, 0.4) is 0 Å². The number of carbonyl (C=O) groups excluding carboxylic acids is 1. The molecule has 2 aliphatic heterocycles. The lowest BCUT2D eigenvalue weighted by Crippen LogP contribution is -2.42. The standard InChI is InChI=1S/C19H18N4O2/c1-25-13-4-2-11-6-17(22-15(11)8-13)19(24)23-12-3-5-18(23)14-9-20-10-21-16(14)7-12/h2,4,6,8-10,12,18,22H,3,5,7H2,1H3. The molecular formula is C19H18N4O2. The van der Waals surface area contributed by atoms with Crippen molar-refractivity contribution in [2.24, 2.45) is 0 Å². The highest BCUT2D eigenvalue weighted by Crippen LogP contribution is 2.43. The van der Waals surface area contributed by atoms with E-state index in [0.717, 1.165) is 47.2 Å². The van der Waals surface area contributed by atoms with Crippen LogP contribution in [0.25, 0.3) is 10.9 Å². The van der Waals surface area contributed by atoms with Crippen LogP contribution in [0.5, 0.6) is 5.75 Å². The van der Waals surface area contributed by atoms with E-state index in [-0.39, 0.29) is 18.0 Å². The van der Waals surface area contributed by atoms with Gasteiger partial charge in [-0.3, -0.25) is 4.79 Å². The molecule has 126 valence electrons. The lowest BCUT2D eigenvalue weighted by molar-refractivity contribution is 0.0638. The van der Waals surface area contributed by atoms with E-state index in [0.29, 0.717) is 5.69 Å². The number of rotatable bonds is 2. The lowest BCUT2D eigenvalue weighted by Gasteiger charge is -2.35. The minimum absolute atomic E-state index is 0.0529. The summed E-state index contributed by atoms with van der Waals surface area (Å²) in [5, 5.41) is 1.01. The molecule has 4 heterocycles. The smallest absolute Gasteiger partial charge is 0.271 e. The quantitative estimate of drug-likeness (QED) is 0.782. The molecule has 2 unspecified atom stereocenters. The Kier molecular flexibility index (Phi) is 3.07. The molecule has 1 amide bonds. The first kappa shape index (κ1) is 14.5. The van der Waals surface area contributed by atoms with Crippen molar-refractivity contribution < 1.29 is 9.53 Å². The van der Waals surface area contributed by atoms with Gasteiger partial charge in [0.15, 0.2) is 0 Å². The molecule has 6 heteroatoms. The van der Waals surface area contributed by atoms with Gasteiger partial charge in [0.1, 0.15) is 17.8 Å². The molecule has 2 atom stereocenters. The SMILES string of the molecule is COc1ccc2cc(C(=O)N3C4CCC3c3cncnc3C4)[nH]c2c1. The normalized spacial score (nSPS) is 21.4. The average molecular weight is 334 g/mol. The number of fused-ring (bicyclic) bond motifs is 5. The predicted molar refractivity (Wildman–Crippen MR) is 92.5 cm³/mol. The van der Waals surface area contributed by atoms with Gasteiger partial charge < -0.3 is 14.6 Å². The number of nitrogens with one attached hydrogen (secondary N) is 1. The van der Waals surface area contributed by atoms with E-state index in [1.807, 2.05) is 35.4 Å². The third kappa shape index (κ3) is 2.13. The number of amides is 1. The summed E-state index contributed by atoms with van der Waals surface area (Å²) in [4.78, 5) is 27.1. The number of hydrogen-bond donors (Lipinski definition) is 1. The van der Waals surface area contributed by atoms with Crippen LogP contribution in [0.2, 0.25) is 0 Å². The van der Waals surface area contributed by atoms with Crippen molar-refractivity contribution in [1.29, 1.82) is 0 Å². The number of aromatic amines is 1. The van der Waals surface area contributed by atoms with Gasteiger partial charge in [-0.05, 0) is 31.0 Å². The van der Waals surface area contributed by atoms with Gasteiger partial charge in [-0.1, -0.05) is 0 Å². The first-order valence-electron chi connectivity index (χ1n) is 8.53. The summed E-state index contributed by atoms with van der Waals surface area (Å²) in [6, 6.07) is 8.02. The number of ether oxygens (including phenoxy) is 1. The highest BCUT2D eigenvalue weighted by molar-refractivity contribution is 5.99. The Morgan fingerprint density at radius 2 is 2.24 bits per heavy atom. The summed E-state index contributed by atoms with van der Waals surface area (Å²) < 4.78 is 5.26. The van der Waals surface area contributed by atoms with Crippen molar-refractivity contribution in [3.8, 4) is 5.75 Å². The number of carbonyl (C=O) groups is 1. The zero-order valence-corrected chi connectivity index (χ0v) is 13.9. The molecular weight excluding hydrogens is 316 g/mol. The molecule has 3 aromatic rings. The van der Waals surface area contributed by atoms with Gasteiger partial charge >= 0.3 is 0 Å². The first-order valence-corrected chi connectivity index (χ1v) is 8.53. The van der Waals surface area contributed by atoms with Crippen LogP contribution in [0.1, 0.15) is 40.6 Å². The summed E-state index contributed by atoms with van der Waals surface area (Å²) in [5.74, 6) is 0.828. The zero-order chi connectivity index (χ0) is 17.0. The fraction of sp³-hybridized carbons (Fsp3) is 0.316. The van der Waals surface area contributed by atoms with E-state index in [4.69, 9.17) is 4.74 Å². The summed E-state index contributed by atoms with van der Waals surface area (Å²) in [6.45, 7) is 0. The minimum Gasteiger partial charge on any atom is -0.497 e. The Labute approximate surface area is 144 Å². The Bertz CT molecular complexity index is 980.